The Kier molecular flexibility index (Phi) is 5.08. The van der Waals surface area contributed by atoms with Crippen molar-refractivity contribution in [3.8, 4) is 0 Å². The zero-order valence-corrected chi connectivity index (χ0v) is 16.6. The van der Waals surface area contributed by atoms with Gasteiger partial charge in [-0.1, -0.05) is 19.1 Å². The number of carbonyl (C=O) groups is 2. The van der Waals surface area contributed by atoms with E-state index in [-0.39, 0.29) is 29.3 Å². The molecule has 4 rings (SSSR count). The lowest BCUT2D eigenvalue weighted by atomic mass is 9.92. The lowest BCUT2D eigenvalue weighted by Gasteiger charge is -2.31. The summed E-state index contributed by atoms with van der Waals surface area (Å²) >= 11 is 0. The molecule has 152 valence electrons. The van der Waals surface area contributed by atoms with E-state index in [0.717, 1.165) is 31.5 Å². The van der Waals surface area contributed by atoms with Gasteiger partial charge in [-0.15, -0.1) is 0 Å². The maximum absolute atomic E-state index is 12.9. The Hall–Kier alpha value is -3.16. The number of fused-ring (bicyclic) bond motifs is 1. The average molecular weight is 395 g/mol. The first-order valence-electron chi connectivity index (χ1n) is 9.97. The van der Waals surface area contributed by atoms with E-state index in [1.165, 1.54) is 0 Å². The molecular weight excluding hydrogens is 370 g/mol. The minimum absolute atomic E-state index is 0.0873. The van der Waals surface area contributed by atoms with E-state index >= 15 is 0 Å². The summed E-state index contributed by atoms with van der Waals surface area (Å²) in [4.78, 5) is 47.3. The Balaban J connectivity index is 1.63. The zero-order chi connectivity index (χ0) is 20.5. The Morgan fingerprint density at radius 2 is 2.00 bits per heavy atom. The first-order chi connectivity index (χ1) is 13.9. The predicted molar refractivity (Wildman–Crippen MR) is 111 cm³/mol. The topological polar surface area (TPSA) is 107 Å². The highest BCUT2D eigenvalue weighted by Crippen LogP contribution is 2.31. The number of aromatic amines is 1. The highest BCUT2D eigenvalue weighted by molar-refractivity contribution is 6.04. The molecule has 0 saturated carbocycles. The third-order valence-corrected chi connectivity index (χ3v) is 5.62. The van der Waals surface area contributed by atoms with Crippen LogP contribution < -0.4 is 21.1 Å². The number of rotatable bonds is 3. The number of anilines is 3. The van der Waals surface area contributed by atoms with Gasteiger partial charge in [-0.05, 0) is 43.4 Å². The molecule has 2 amide bonds. The fraction of sp³-hybridized carbons (Fsp3) is 0.429. The molecule has 1 aromatic carbocycles. The van der Waals surface area contributed by atoms with Gasteiger partial charge in [0.15, 0.2) is 0 Å². The van der Waals surface area contributed by atoms with E-state index in [1.807, 2.05) is 30.0 Å². The van der Waals surface area contributed by atoms with Gasteiger partial charge in [0.1, 0.15) is 5.82 Å². The van der Waals surface area contributed by atoms with Crippen LogP contribution in [0.4, 0.5) is 17.5 Å². The second kappa shape index (κ2) is 7.69. The van der Waals surface area contributed by atoms with E-state index in [4.69, 9.17) is 0 Å². The first-order valence-corrected chi connectivity index (χ1v) is 9.97. The summed E-state index contributed by atoms with van der Waals surface area (Å²) in [5.41, 5.74) is 1.47. The summed E-state index contributed by atoms with van der Waals surface area (Å²) in [5.74, 6) is -0.323. The van der Waals surface area contributed by atoms with E-state index in [0.29, 0.717) is 17.6 Å². The number of hydrogen-bond donors (Lipinski definition) is 3. The molecule has 2 aliphatic rings. The summed E-state index contributed by atoms with van der Waals surface area (Å²) in [6.45, 7) is 5.73. The van der Waals surface area contributed by atoms with Crippen LogP contribution in [0.15, 0.2) is 29.1 Å². The van der Waals surface area contributed by atoms with Gasteiger partial charge in [-0.25, -0.2) is 0 Å². The van der Waals surface area contributed by atoms with Gasteiger partial charge in [-0.3, -0.25) is 19.4 Å². The number of aromatic nitrogens is 2. The molecule has 1 fully saturated rings. The highest BCUT2D eigenvalue weighted by atomic mass is 16.2. The van der Waals surface area contributed by atoms with Crippen LogP contribution in [0.2, 0.25) is 0 Å². The molecule has 0 aliphatic carbocycles. The summed E-state index contributed by atoms with van der Waals surface area (Å²) in [7, 11) is 0. The van der Waals surface area contributed by atoms with Crippen LogP contribution in [0.1, 0.15) is 43.2 Å². The van der Waals surface area contributed by atoms with Crippen LogP contribution in [0.5, 0.6) is 0 Å². The molecule has 2 aliphatic heterocycles. The third-order valence-electron chi connectivity index (χ3n) is 5.62. The third kappa shape index (κ3) is 4.01. The monoisotopic (exact) mass is 395 g/mol. The van der Waals surface area contributed by atoms with Crippen LogP contribution in [0.25, 0.3) is 0 Å². The van der Waals surface area contributed by atoms with Gasteiger partial charge in [0.05, 0.1) is 11.5 Å². The number of amides is 2. The SMILES string of the molecule is Cc1cccc(NC(=O)[C@@H]2CC(=O)Nc3nc(N4CCC(C)CC4)[nH]c(=O)c32)c1. The molecule has 29 heavy (non-hydrogen) atoms. The average Bonchev–Trinajstić information content (AvgIpc) is 2.67. The number of H-pyrrole nitrogens is 1. The second-order valence-electron chi connectivity index (χ2n) is 7.99. The molecule has 8 nitrogen and oxygen atoms in total. The van der Waals surface area contributed by atoms with Crippen molar-refractivity contribution in [2.75, 3.05) is 28.6 Å². The van der Waals surface area contributed by atoms with Crippen LogP contribution in [-0.2, 0) is 9.59 Å². The number of piperidine rings is 1. The van der Waals surface area contributed by atoms with Gasteiger partial charge >= 0.3 is 0 Å². The molecule has 3 N–H and O–H groups in total. The number of nitrogens with zero attached hydrogens (tertiary/aromatic N) is 2. The fourth-order valence-electron chi connectivity index (χ4n) is 3.91. The Bertz CT molecular complexity index is 1010. The van der Waals surface area contributed by atoms with Crippen LogP contribution in [0.3, 0.4) is 0 Å². The largest absolute Gasteiger partial charge is 0.342 e. The molecular formula is C21H25N5O3. The lowest BCUT2D eigenvalue weighted by molar-refractivity contribution is -0.123. The number of hydrogen-bond acceptors (Lipinski definition) is 5. The van der Waals surface area contributed by atoms with Gasteiger partial charge in [0.25, 0.3) is 5.56 Å². The van der Waals surface area contributed by atoms with Crippen molar-refractivity contribution in [1.82, 2.24) is 9.97 Å². The van der Waals surface area contributed by atoms with E-state index < -0.39 is 11.8 Å². The van der Waals surface area contributed by atoms with Crippen molar-refractivity contribution in [2.24, 2.45) is 5.92 Å². The molecule has 0 unspecified atom stereocenters. The maximum Gasteiger partial charge on any atom is 0.258 e. The first kappa shape index (κ1) is 19.2. The van der Waals surface area contributed by atoms with Crippen LogP contribution >= 0.6 is 0 Å². The number of nitrogens with one attached hydrogen (secondary N) is 3. The molecule has 1 aromatic heterocycles. The van der Waals surface area contributed by atoms with Crippen LogP contribution in [-0.4, -0.2) is 34.9 Å². The Morgan fingerprint density at radius 3 is 2.72 bits per heavy atom. The van der Waals surface area contributed by atoms with Gasteiger partial charge in [-0.2, -0.15) is 4.98 Å². The number of benzene rings is 1. The van der Waals surface area contributed by atoms with E-state index in [9.17, 15) is 14.4 Å². The second-order valence-corrected chi connectivity index (χ2v) is 7.99. The predicted octanol–water partition coefficient (Wildman–Crippen LogP) is 2.38. The minimum Gasteiger partial charge on any atom is -0.342 e. The van der Waals surface area contributed by atoms with Crippen molar-refractivity contribution in [2.45, 2.75) is 39.0 Å². The van der Waals surface area contributed by atoms with Crippen molar-refractivity contribution in [1.29, 1.82) is 0 Å². The number of aryl methyl sites for hydroxylation is 1. The van der Waals surface area contributed by atoms with Crippen molar-refractivity contribution in [3.63, 3.8) is 0 Å². The standard InChI is InChI=1S/C21H25N5O3/c1-12-6-8-26(9-7-12)21-24-18-17(20(29)25-21)15(11-16(27)23-18)19(28)22-14-5-3-4-13(2)10-14/h3-5,10,12,15H,6-9,11H2,1-2H3,(H,22,28)(H2,23,24,25,27,29)/t15-/m1/s1. The molecule has 8 heteroatoms. The Morgan fingerprint density at radius 1 is 1.24 bits per heavy atom. The van der Waals surface area contributed by atoms with Crippen LogP contribution in [0, 0.1) is 12.8 Å². The minimum atomic E-state index is -0.883. The maximum atomic E-state index is 12.9. The van der Waals surface area contributed by atoms with Gasteiger partial charge < -0.3 is 15.5 Å². The summed E-state index contributed by atoms with van der Waals surface area (Å²) in [5, 5.41) is 5.48. The lowest BCUT2D eigenvalue weighted by Crippen LogP contribution is -2.39. The molecule has 0 bridgehead atoms. The molecule has 0 radical (unpaired) electrons. The van der Waals surface area contributed by atoms with Gasteiger partial charge in [0, 0.05) is 25.2 Å². The molecule has 3 heterocycles. The quantitative estimate of drug-likeness (QED) is 0.740. The smallest absolute Gasteiger partial charge is 0.258 e. The molecule has 2 aromatic rings. The molecule has 1 saturated heterocycles. The van der Waals surface area contributed by atoms with E-state index in [1.54, 1.807) is 6.07 Å². The van der Waals surface area contributed by atoms with Crippen molar-refractivity contribution < 1.29 is 9.59 Å². The molecule has 0 spiro atoms. The normalized spacial score (nSPS) is 19.4. The molecule has 1 atom stereocenters. The summed E-state index contributed by atoms with van der Waals surface area (Å²) in [6, 6.07) is 7.38. The summed E-state index contributed by atoms with van der Waals surface area (Å²) in [6.07, 6.45) is 1.96. The summed E-state index contributed by atoms with van der Waals surface area (Å²) < 4.78 is 0. The van der Waals surface area contributed by atoms with E-state index in [2.05, 4.69) is 27.5 Å². The highest BCUT2D eigenvalue weighted by Gasteiger charge is 2.35. The zero-order valence-electron chi connectivity index (χ0n) is 16.6. The van der Waals surface area contributed by atoms with Crippen molar-refractivity contribution >= 4 is 29.3 Å². The number of carbonyl (C=O) groups excluding carboxylic acids is 2. The fourth-order valence-corrected chi connectivity index (χ4v) is 3.91. The van der Waals surface area contributed by atoms with Gasteiger partial charge in [0.2, 0.25) is 17.8 Å². The van der Waals surface area contributed by atoms with Crippen molar-refractivity contribution in [3.05, 3.63) is 45.7 Å². The Labute approximate surface area is 168 Å².